The van der Waals surface area contributed by atoms with Gasteiger partial charge < -0.3 is 15.0 Å². The van der Waals surface area contributed by atoms with Crippen molar-refractivity contribution in [1.82, 2.24) is 10.2 Å². The Bertz CT molecular complexity index is 756. The molecule has 29 heavy (non-hydrogen) atoms. The molecule has 0 aromatic heterocycles. The number of hydrogen-bond acceptors (Lipinski definition) is 5. The largest absolute Gasteiger partial charge is 0.466 e. The van der Waals surface area contributed by atoms with Crippen molar-refractivity contribution >= 4 is 45.7 Å². The van der Waals surface area contributed by atoms with E-state index in [0.29, 0.717) is 37.6 Å². The van der Waals surface area contributed by atoms with Crippen molar-refractivity contribution in [3.8, 4) is 0 Å². The SMILES string of the molecule is CCNC(=NCCCS(=O)(=O)c1ccccc1)N1CCCC(C(=O)OCC)C1.I. The van der Waals surface area contributed by atoms with E-state index in [1.807, 2.05) is 13.8 Å². The van der Waals surface area contributed by atoms with E-state index >= 15 is 0 Å². The molecule has 9 heteroatoms. The van der Waals surface area contributed by atoms with Crippen LogP contribution in [0.25, 0.3) is 0 Å². The molecule has 1 aliphatic rings. The lowest BCUT2D eigenvalue weighted by Gasteiger charge is -2.34. The molecule has 1 unspecified atom stereocenters. The Morgan fingerprint density at radius 1 is 1.28 bits per heavy atom. The number of sulfone groups is 1. The monoisotopic (exact) mass is 537 g/mol. The summed E-state index contributed by atoms with van der Waals surface area (Å²) < 4.78 is 29.9. The highest BCUT2D eigenvalue weighted by atomic mass is 127. The average Bonchev–Trinajstić information content (AvgIpc) is 2.71. The molecule has 0 bridgehead atoms. The van der Waals surface area contributed by atoms with Crippen molar-refractivity contribution in [2.45, 2.75) is 38.0 Å². The summed E-state index contributed by atoms with van der Waals surface area (Å²) in [6, 6.07) is 8.49. The molecule has 164 valence electrons. The molecule has 0 radical (unpaired) electrons. The molecule has 1 fully saturated rings. The van der Waals surface area contributed by atoms with Gasteiger partial charge in [0.2, 0.25) is 0 Å². The smallest absolute Gasteiger partial charge is 0.310 e. The summed E-state index contributed by atoms with van der Waals surface area (Å²) in [6.07, 6.45) is 2.17. The molecule has 1 aromatic carbocycles. The second-order valence-electron chi connectivity index (χ2n) is 6.76. The van der Waals surface area contributed by atoms with Crippen LogP contribution in [0.4, 0.5) is 0 Å². The van der Waals surface area contributed by atoms with Gasteiger partial charge >= 0.3 is 5.97 Å². The molecule has 0 saturated carbocycles. The molecule has 1 N–H and O–H groups in total. The number of carbonyl (C=O) groups excluding carboxylic acids is 1. The van der Waals surface area contributed by atoms with Crippen molar-refractivity contribution in [1.29, 1.82) is 0 Å². The van der Waals surface area contributed by atoms with Crippen LogP contribution in [-0.4, -0.2) is 63.8 Å². The number of carbonyl (C=O) groups is 1. The number of nitrogens with zero attached hydrogens (tertiary/aromatic N) is 2. The van der Waals surface area contributed by atoms with Crippen LogP contribution in [0.5, 0.6) is 0 Å². The van der Waals surface area contributed by atoms with E-state index in [4.69, 9.17) is 4.74 Å². The van der Waals surface area contributed by atoms with Gasteiger partial charge in [-0.05, 0) is 45.2 Å². The van der Waals surface area contributed by atoms with Crippen molar-refractivity contribution in [2.75, 3.05) is 38.5 Å². The van der Waals surface area contributed by atoms with Crippen molar-refractivity contribution in [3.63, 3.8) is 0 Å². The minimum atomic E-state index is -3.29. The number of guanidine groups is 1. The third-order valence-corrected chi connectivity index (χ3v) is 6.43. The maximum absolute atomic E-state index is 12.4. The van der Waals surface area contributed by atoms with E-state index in [-0.39, 0.29) is 41.6 Å². The summed E-state index contributed by atoms with van der Waals surface area (Å²) in [6.45, 7) is 6.71. The molecule has 1 aromatic rings. The van der Waals surface area contributed by atoms with E-state index in [2.05, 4.69) is 15.2 Å². The van der Waals surface area contributed by atoms with Crippen LogP contribution in [0.2, 0.25) is 0 Å². The van der Waals surface area contributed by atoms with Crippen LogP contribution in [0.15, 0.2) is 40.2 Å². The van der Waals surface area contributed by atoms with Gasteiger partial charge in [-0.1, -0.05) is 18.2 Å². The van der Waals surface area contributed by atoms with Gasteiger partial charge in [0.25, 0.3) is 0 Å². The Morgan fingerprint density at radius 3 is 2.66 bits per heavy atom. The van der Waals surface area contributed by atoms with Gasteiger partial charge in [-0.15, -0.1) is 24.0 Å². The zero-order valence-corrected chi connectivity index (χ0v) is 20.3. The molecular weight excluding hydrogens is 505 g/mol. The van der Waals surface area contributed by atoms with E-state index in [9.17, 15) is 13.2 Å². The number of nitrogens with one attached hydrogen (secondary N) is 1. The third kappa shape index (κ3) is 8.12. The number of ether oxygens (including phenoxy) is 1. The lowest BCUT2D eigenvalue weighted by molar-refractivity contribution is -0.149. The fourth-order valence-corrected chi connectivity index (χ4v) is 4.55. The summed E-state index contributed by atoms with van der Waals surface area (Å²) in [5, 5.41) is 3.25. The molecule has 0 spiro atoms. The predicted molar refractivity (Wildman–Crippen MR) is 125 cm³/mol. The van der Waals surface area contributed by atoms with Crippen molar-refractivity contribution < 1.29 is 17.9 Å². The van der Waals surface area contributed by atoms with Crippen LogP contribution >= 0.6 is 24.0 Å². The van der Waals surface area contributed by atoms with Crippen LogP contribution in [-0.2, 0) is 19.4 Å². The Hall–Kier alpha value is -1.36. The van der Waals surface area contributed by atoms with E-state index in [1.165, 1.54) is 0 Å². The Balaban J connectivity index is 0.00000420. The number of benzene rings is 1. The number of likely N-dealkylation sites (tertiary alicyclic amines) is 1. The van der Waals surface area contributed by atoms with Crippen LogP contribution < -0.4 is 5.32 Å². The van der Waals surface area contributed by atoms with E-state index in [1.54, 1.807) is 30.3 Å². The van der Waals surface area contributed by atoms with Crippen molar-refractivity contribution in [2.24, 2.45) is 10.9 Å². The highest BCUT2D eigenvalue weighted by molar-refractivity contribution is 14.0. The van der Waals surface area contributed by atoms with Gasteiger partial charge in [-0.3, -0.25) is 9.79 Å². The molecular formula is C20H32IN3O4S. The van der Waals surface area contributed by atoms with Gasteiger partial charge in [0.05, 0.1) is 23.2 Å². The topological polar surface area (TPSA) is 88.1 Å². The first-order valence-corrected chi connectivity index (χ1v) is 11.6. The number of aliphatic imine (C=N–C) groups is 1. The van der Waals surface area contributed by atoms with Gasteiger partial charge in [-0.25, -0.2) is 8.42 Å². The number of hydrogen-bond donors (Lipinski definition) is 1. The summed E-state index contributed by atoms with van der Waals surface area (Å²) in [5.74, 6) is 0.493. The summed E-state index contributed by atoms with van der Waals surface area (Å²) >= 11 is 0. The quantitative estimate of drug-likeness (QED) is 0.181. The summed E-state index contributed by atoms with van der Waals surface area (Å²) in [4.78, 5) is 19.1. The highest BCUT2D eigenvalue weighted by Gasteiger charge is 2.28. The maximum Gasteiger partial charge on any atom is 0.310 e. The average molecular weight is 537 g/mol. The molecule has 1 aliphatic heterocycles. The Kier molecular flexibility index (Phi) is 11.6. The number of halogens is 1. The minimum absolute atomic E-state index is 0. The summed E-state index contributed by atoms with van der Waals surface area (Å²) in [7, 11) is -3.29. The Labute approximate surface area is 191 Å². The van der Waals surface area contributed by atoms with Crippen molar-refractivity contribution in [3.05, 3.63) is 30.3 Å². The second-order valence-corrected chi connectivity index (χ2v) is 8.87. The van der Waals surface area contributed by atoms with E-state index in [0.717, 1.165) is 25.3 Å². The maximum atomic E-state index is 12.4. The summed E-state index contributed by atoms with van der Waals surface area (Å²) in [5.41, 5.74) is 0. The lowest BCUT2D eigenvalue weighted by atomic mass is 9.98. The van der Waals surface area contributed by atoms with Gasteiger partial charge in [0.15, 0.2) is 15.8 Å². The number of piperidine rings is 1. The Morgan fingerprint density at radius 2 is 2.00 bits per heavy atom. The molecule has 0 aliphatic carbocycles. The molecule has 7 nitrogen and oxygen atoms in total. The minimum Gasteiger partial charge on any atom is -0.466 e. The predicted octanol–water partition coefficient (Wildman–Crippen LogP) is 2.71. The van der Waals surface area contributed by atoms with Gasteiger partial charge in [-0.2, -0.15) is 0 Å². The molecule has 0 amide bonds. The molecule has 2 rings (SSSR count). The van der Waals surface area contributed by atoms with Crippen LogP contribution in [0, 0.1) is 5.92 Å². The normalized spacial score (nSPS) is 17.4. The zero-order valence-electron chi connectivity index (χ0n) is 17.2. The second kappa shape index (κ2) is 13.0. The van der Waals surface area contributed by atoms with Crippen LogP contribution in [0.3, 0.4) is 0 Å². The fraction of sp³-hybridized carbons (Fsp3) is 0.600. The highest BCUT2D eigenvalue weighted by Crippen LogP contribution is 2.18. The third-order valence-electron chi connectivity index (χ3n) is 4.61. The molecule has 1 atom stereocenters. The molecule has 1 heterocycles. The first-order valence-electron chi connectivity index (χ1n) is 9.95. The lowest BCUT2D eigenvalue weighted by Crippen LogP contribution is -2.48. The first kappa shape index (κ1) is 25.7. The number of rotatable bonds is 8. The standard InChI is InChI=1S/C20H31N3O4S.HI/c1-3-21-20(23-14-8-10-17(16-23)19(24)27-4-2)22-13-9-15-28(25,26)18-11-6-5-7-12-18;/h5-7,11-12,17H,3-4,8-10,13-16H2,1-2H3,(H,21,22);1H. The fourth-order valence-electron chi connectivity index (χ4n) is 3.23. The van der Waals surface area contributed by atoms with Gasteiger partial charge in [0.1, 0.15) is 0 Å². The first-order chi connectivity index (χ1) is 13.5. The molecule has 1 saturated heterocycles. The van der Waals surface area contributed by atoms with Crippen LogP contribution in [0.1, 0.15) is 33.1 Å². The van der Waals surface area contributed by atoms with Gasteiger partial charge in [0, 0.05) is 26.2 Å². The zero-order chi connectivity index (χ0) is 20.4. The van der Waals surface area contributed by atoms with E-state index < -0.39 is 9.84 Å². The number of esters is 1.